The van der Waals surface area contributed by atoms with Gasteiger partial charge in [0.05, 0.1) is 35.8 Å². The van der Waals surface area contributed by atoms with Crippen LogP contribution in [0.15, 0.2) is 22.7 Å². The molecule has 1 saturated heterocycles. The zero-order valence-electron chi connectivity index (χ0n) is 15.8. The lowest BCUT2D eigenvalue weighted by molar-refractivity contribution is -0.00533. The lowest BCUT2D eigenvalue weighted by atomic mass is 10.1. The smallest absolute Gasteiger partial charge is 0.206 e. The van der Waals surface area contributed by atoms with Crippen LogP contribution in [0.25, 0.3) is 22.4 Å². The molecule has 1 aliphatic heterocycles. The molecule has 4 rings (SSSR count). The molecule has 0 amide bonds. The Hall–Kier alpha value is -2.73. The first-order chi connectivity index (χ1) is 13.9. The Morgan fingerprint density at radius 2 is 2.07 bits per heavy atom. The first kappa shape index (κ1) is 19.6. The SMILES string of the molecule is C[C@@H]1CN(c2c(CO)nc3c(-c4ccc(C#N)c(F)c4)noc3c2Cl)C[C@H](C)O1. The maximum atomic E-state index is 14.1. The normalized spacial score (nSPS) is 19.5. The maximum Gasteiger partial charge on any atom is 0.206 e. The number of nitrogens with zero attached hydrogens (tertiary/aromatic N) is 4. The number of hydrogen-bond donors (Lipinski definition) is 1. The number of aromatic nitrogens is 2. The summed E-state index contributed by atoms with van der Waals surface area (Å²) < 4.78 is 25.3. The molecule has 0 unspecified atom stereocenters. The highest BCUT2D eigenvalue weighted by atomic mass is 35.5. The summed E-state index contributed by atoms with van der Waals surface area (Å²) in [5.74, 6) is -0.664. The summed E-state index contributed by atoms with van der Waals surface area (Å²) >= 11 is 6.65. The van der Waals surface area contributed by atoms with Crippen LogP contribution < -0.4 is 4.90 Å². The summed E-state index contributed by atoms with van der Waals surface area (Å²) in [5.41, 5.74) is 2.15. The van der Waals surface area contributed by atoms with Crippen molar-refractivity contribution in [3.63, 3.8) is 0 Å². The molecular formula is C20H18ClFN4O3. The van der Waals surface area contributed by atoms with Crippen molar-refractivity contribution in [3.05, 3.63) is 40.3 Å². The Morgan fingerprint density at radius 3 is 2.69 bits per heavy atom. The van der Waals surface area contributed by atoms with Gasteiger partial charge in [-0.25, -0.2) is 9.37 Å². The molecule has 7 nitrogen and oxygen atoms in total. The van der Waals surface area contributed by atoms with Gasteiger partial charge in [-0.2, -0.15) is 5.26 Å². The Morgan fingerprint density at radius 1 is 1.34 bits per heavy atom. The van der Waals surface area contributed by atoms with Crippen LogP contribution in [0.1, 0.15) is 25.1 Å². The minimum absolute atomic E-state index is 0.0102. The Bertz CT molecular complexity index is 1120. The van der Waals surface area contributed by atoms with Crippen LogP contribution in [0.3, 0.4) is 0 Å². The van der Waals surface area contributed by atoms with E-state index in [1.165, 1.54) is 12.1 Å². The summed E-state index contributed by atoms with van der Waals surface area (Å²) in [6.45, 7) is 4.77. The topological polar surface area (TPSA) is 95.4 Å². The average Bonchev–Trinajstić information content (AvgIpc) is 3.11. The van der Waals surface area contributed by atoms with Crippen LogP contribution in [0, 0.1) is 17.1 Å². The molecule has 1 aromatic carbocycles. The van der Waals surface area contributed by atoms with E-state index in [0.29, 0.717) is 35.6 Å². The Labute approximate surface area is 171 Å². The van der Waals surface area contributed by atoms with E-state index in [1.807, 2.05) is 18.7 Å². The van der Waals surface area contributed by atoms with Crippen LogP contribution in [0.2, 0.25) is 5.02 Å². The van der Waals surface area contributed by atoms with E-state index < -0.39 is 5.82 Å². The molecule has 1 fully saturated rings. The minimum atomic E-state index is -0.664. The maximum absolute atomic E-state index is 14.1. The lowest BCUT2D eigenvalue weighted by Gasteiger charge is -2.37. The number of rotatable bonds is 3. The van der Waals surface area contributed by atoms with Gasteiger partial charge >= 0.3 is 0 Å². The van der Waals surface area contributed by atoms with Crippen molar-refractivity contribution in [1.29, 1.82) is 5.26 Å². The molecule has 0 aliphatic carbocycles. The fourth-order valence-corrected chi connectivity index (χ4v) is 4.04. The molecule has 2 aromatic heterocycles. The van der Waals surface area contributed by atoms with Gasteiger partial charge < -0.3 is 19.3 Å². The highest BCUT2D eigenvalue weighted by Gasteiger charge is 2.29. The highest BCUT2D eigenvalue weighted by molar-refractivity contribution is 6.37. The molecule has 1 aliphatic rings. The second kappa shape index (κ2) is 7.59. The van der Waals surface area contributed by atoms with Gasteiger partial charge in [0.2, 0.25) is 5.58 Å². The third-order valence-electron chi connectivity index (χ3n) is 4.84. The number of halogens is 2. The molecule has 0 radical (unpaired) electrons. The highest BCUT2D eigenvalue weighted by Crippen LogP contribution is 2.40. The van der Waals surface area contributed by atoms with Crippen LogP contribution in [0.4, 0.5) is 10.1 Å². The van der Waals surface area contributed by atoms with Crippen molar-refractivity contribution in [2.75, 3.05) is 18.0 Å². The van der Waals surface area contributed by atoms with E-state index in [0.717, 1.165) is 0 Å². The molecule has 2 atom stereocenters. The molecule has 1 N–H and O–H groups in total. The van der Waals surface area contributed by atoms with Crippen LogP contribution in [-0.4, -0.2) is 40.5 Å². The minimum Gasteiger partial charge on any atom is -0.390 e. The predicted octanol–water partition coefficient (Wildman–Crippen LogP) is 3.66. The fourth-order valence-electron chi connectivity index (χ4n) is 3.69. The number of hydrogen-bond acceptors (Lipinski definition) is 7. The van der Waals surface area contributed by atoms with Gasteiger partial charge in [0.15, 0.2) is 0 Å². The van der Waals surface area contributed by atoms with Crippen molar-refractivity contribution in [2.24, 2.45) is 0 Å². The first-order valence-corrected chi connectivity index (χ1v) is 9.49. The van der Waals surface area contributed by atoms with Gasteiger partial charge in [0.1, 0.15) is 28.1 Å². The summed E-state index contributed by atoms with van der Waals surface area (Å²) in [6.07, 6.45) is -0.0204. The number of pyridine rings is 1. The second-order valence-electron chi connectivity index (χ2n) is 7.06. The summed E-state index contributed by atoms with van der Waals surface area (Å²) in [7, 11) is 0. The van der Waals surface area contributed by atoms with Crippen molar-refractivity contribution in [2.45, 2.75) is 32.7 Å². The van der Waals surface area contributed by atoms with E-state index in [4.69, 9.17) is 26.1 Å². The predicted molar refractivity (Wildman–Crippen MR) is 105 cm³/mol. The van der Waals surface area contributed by atoms with E-state index in [-0.39, 0.29) is 40.7 Å². The second-order valence-corrected chi connectivity index (χ2v) is 7.43. The van der Waals surface area contributed by atoms with E-state index in [2.05, 4.69) is 10.1 Å². The van der Waals surface area contributed by atoms with Crippen molar-refractivity contribution in [3.8, 4) is 17.3 Å². The number of fused-ring (bicyclic) bond motifs is 1. The van der Waals surface area contributed by atoms with E-state index in [1.54, 1.807) is 12.1 Å². The number of ether oxygens (including phenoxy) is 1. The number of morpholine rings is 1. The number of benzene rings is 1. The molecule has 150 valence electrons. The first-order valence-electron chi connectivity index (χ1n) is 9.12. The van der Waals surface area contributed by atoms with Gasteiger partial charge in [-0.15, -0.1) is 0 Å². The quantitative estimate of drug-likeness (QED) is 0.696. The summed E-state index contributed by atoms with van der Waals surface area (Å²) in [6, 6.07) is 5.90. The molecule has 0 bridgehead atoms. The molecule has 0 saturated carbocycles. The third-order valence-corrected chi connectivity index (χ3v) is 5.19. The largest absolute Gasteiger partial charge is 0.390 e. The van der Waals surface area contributed by atoms with Gasteiger partial charge in [0, 0.05) is 18.7 Å². The number of anilines is 1. The zero-order valence-corrected chi connectivity index (χ0v) is 16.6. The van der Waals surface area contributed by atoms with Crippen LogP contribution in [-0.2, 0) is 11.3 Å². The number of aliphatic hydroxyl groups is 1. The molecule has 3 heterocycles. The average molecular weight is 417 g/mol. The van der Waals surface area contributed by atoms with Crippen molar-refractivity contribution in [1.82, 2.24) is 10.1 Å². The standard InChI is InChI=1S/C20H18ClFN4O3/c1-10-7-26(8-11(2)28-10)19-15(9-27)24-18-17(25-29-20(18)16(19)21)12-3-4-13(6-23)14(22)5-12/h3-5,10-11,27H,7-9H2,1-2H3/t10-,11+. The van der Waals surface area contributed by atoms with Crippen molar-refractivity contribution >= 4 is 28.4 Å². The van der Waals surface area contributed by atoms with E-state index in [9.17, 15) is 9.50 Å². The number of nitriles is 1. The van der Waals surface area contributed by atoms with Crippen LogP contribution in [0.5, 0.6) is 0 Å². The van der Waals surface area contributed by atoms with Gasteiger partial charge in [-0.3, -0.25) is 0 Å². The molecule has 0 spiro atoms. The monoisotopic (exact) mass is 416 g/mol. The van der Waals surface area contributed by atoms with Gasteiger partial charge in [0.25, 0.3) is 0 Å². The number of aliphatic hydroxyl groups excluding tert-OH is 1. The van der Waals surface area contributed by atoms with Crippen molar-refractivity contribution < 1.29 is 18.8 Å². The zero-order chi connectivity index (χ0) is 20.7. The molecule has 29 heavy (non-hydrogen) atoms. The Kier molecular flexibility index (Phi) is 5.13. The molecule has 3 aromatic rings. The molecule has 9 heteroatoms. The van der Waals surface area contributed by atoms with Crippen LogP contribution >= 0.6 is 11.6 Å². The van der Waals surface area contributed by atoms with Gasteiger partial charge in [-0.1, -0.05) is 22.8 Å². The van der Waals surface area contributed by atoms with E-state index >= 15 is 0 Å². The fraction of sp³-hybridized carbons (Fsp3) is 0.350. The third kappa shape index (κ3) is 3.42. The Balaban J connectivity index is 1.85. The van der Waals surface area contributed by atoms with Gasteiger partial charge in [-0.05, 0) is 26.0 Å². The lowest BCUT2D eigenvalue weighted by Crippen LogP contribution is -2.46. The summed E-state index contributed by atoms with van der Waals surface area (Å²) in [4.78, 5) is 6.54. The molecular weight excluding hydrogens is 399 g/mol. The summed E-state index contributed by atoms with van der Waals surface area (Å²) in [5, 5.41) is 23.2.